The van der Waals surface area contributed by atoms with Gasteiger partial charge >= 0.3 is 0 Å². The molecule has 8 rings (SSSR count). The Labute approximate surface area is 280 Å². The van der Waals surface area contributed by atoms with E-state index in [1.54, 1.807) is 28.4 Å². The molecule has 254 valence electrons. The van der Waals surface area contributed by atoms with Gasteiger partial charge in [0.25, 0.3) is 0 Å². The summed E-state index contributed by atoms with van der Waals surface area (Å²) in [5.74, 6) is 1.41. The maximum absolute atomic E-state index is 13.5. The summed E-state index contributed by atoms with van der Waals surface area (Å²) in [5, 5.41) is 24.0. The largest absolute Gasteiger partial charge is 0.504 e. The minimum Gasteiger partial charge on any atom is -0.504 e. The van der Waals surface area contributed by atoms with Gasteiger partial charge in [0.05, 0.1) is 28.4 Å². The summed E-state index contributed by atoms with van der Waals surface area (Å²) in [4.78, 5) is 31.8. The van der Waals surface area contributed by atoms with Gasteiger partial charge in [0.15, 0.2) is 46.1 Å². The third kappa shape index (κ3) is 3.93. The molecule has 4 bridgehead atoms. The van der Waals surface area contributed by atoms with Crippen molar-refractivity contribution in [3.8, 4) is 34.1 Å². The molecule has 10 heteroatoms. The number of ketones is 2. The first-order valence-electron chi connectivity index (χ1n) is 16.9. The number of methoxy groups -OCH3 is 4. The van der Waals surface area contributed by atoms with Crippen LogP contribution < -0.4 is 9.47 Å². The van der Waals surface area contributed by atoms with Crippen molar-refractivity contribution in [1.29, 1.82) is 0 Å². The molecule has 2 aliphatic heterocycles. The first-order chi connectivity index (χ1) is 23.0. The quantitative estimate of drug-likeness (QED) is 0.489. The van der Waals surface area contributed by atoms with E-state index in [-0.39, 0.29) is 59.8 Å². The number of phenolic OH excluding ortho intramolecular Hbond substituents is 2. The van der Waals surface area contributed by atoms with Crippen LogP contribution in [0.15, 0.2) is 35.8 Å². The van der Waals surface area contributed by atoms with Gasteiger partial charge in [0, 0.05) is 58.7 Å². The molecule has 0 amide bonds. The summed E-state index contributed by atoms with van der Waals surface area (Å²) in [6, 6.07) is 3.97. The van der Waals surface area contributed by atoms with Crippen LogP contribution in [0.1, 0.15) is 47.9 Å². The average Bonchev–Trinajstić information content (AvgIpc) is 3.07. The van der Waals surface area contributed by atoms with E-state index >= 15 is 0 Å². The predicted molar refractivity (Wildman–Crippen MR) is 178 cm³/mol. The van der Waals surface area contributed by atoms with Crippen LogP contribution in [0.2, 0.25) is 0 Å². The number of allylic oxidation sites excluding steroid dienone is 2. The van der Waals surface area contributed by atoms with Crippen molar-refractivity contribution in [3.63, 3.8) is 0 Å². The zero-order chi connectivity index (χ0) is 33.9. The first-order valence-corrected chi connectivity index (χ1v) is 16.9. The van der Waals surface area contributed by atoms with Gasteiger partial charge in [-0.05, 0) is 99.4 Å². The van der Waals surface area contributed by atoms with Crippen molar-refractivity contribution < 1.29 is 38.7 Å². The Hall–Kier alpha value is -4.02. The van der Waals surface area contributed by atoms with E-state index in [4.69, 9.17) is 18.9 Å². The Morgan fingerprint density at radius 3 is 1.42 bits per heavy atom. The molecule has 2 aromatic carbocycles. The molecule has 6 aliphatic rings. The summed E-state index contributed by atoms with van der Waals surface area (Å²) in [6.07, 6.45) is 7.11. The van der Waals surface area contributed by atoms with Crippen molar-refractivity contribution in [3.05, 3.63) is 58.1 Å². The number of likely N-dealkylation sites (N-methyl/N-ethyl adjacent to an activating group) is 2. The highest BCUT2D eigenvalue weighted by atomic mass is 16.5. The molecule has 0 saturated carbocycles. The van der Waals surface area contributed by atoms with Crippen LogP contribution in [0.25, 0.3) is 11.1 Å². The molecule has 2 aromatic rings. The second-order valence-electron chi connectivity index (χ2n) is 14.7. The number of phenols is 2. The van der Waals surface area contributed by atoms with Gasteiger partial charge in [0.2, 0.25) is 0 Å². The third-order valence-electron chi connectivity index (χ3n) is 13.0. The molecule has 6 atom stereocenters. The molecule has 0 unspecified atom stereocenters. The molecular formula is C38H44N2O8. The van der Waals surface area contributed by atoms with Crippen LogP contribution in [-0.4, -0.2) is 99.3 Å². The smallest absolute Gasteiger partial charge is 0.197 e. The highest BCUT2D eigenvalue weighted by Crippen LogP contribution is 2.63. The molecule has 2 heterocycles. The molecule has 0 spiro atoms. The van der Waals surface area contributed by atoms with Crippen LogP contribution in [0.5, 0.6) is 23.0 Å². The minimum atomic E-state index is -0.629. The number of benzene rings is 2. The van der Waals surface area contributed by atoms with E-state index in [0.29, 0.717) is 48.7 Å². The van der Waals surface area contributed by atoms with E-state index < -0.39 is 10.8 Å². The van der Waals surface area contributed by atoms with Crippen molar-refractivity contribution in [2.75, 3.05) is 55.6 Å². The lowest BCUT2D eigenvalue weighted by atomic mass is 9.52. The zero-order valence-electron chi connectivity index (χ0n) is 28.5. The van der Waals surface area contributed by atoms with E-state index in [1.165, 1.54) is 0 Å². The number of piperidine rings is 2. The summed E-state index contributed by atoms with van der Waals surface area (Å²) >= 11 is 0. The molecule has 48 heavy (non-hydrogen) atoms. The van der Waals surface area contributed by atoms with Crippen molar-refractivity contribution >= 4 is 11.6 Å². The zero-order valence-corrected chi connectivity index (χ0v) is 28.5. The van der Waals surface area contributed by atoms with Crippen LogP contribution in [0.3, 0.4) is 0 Å². The first kappa shape index (κ1) is 31.3. The topological polar surface area (TPSA) is 118 Å². The van der Waals surface area contributed by atoms with Crippen LogP contribution in [0.4, 0.5) is 0 Å². The van der Waals surface area contributed by atoms with Gasteiger partial charge in [-0.3, -0.25) is 9.59 Å². The number of hydrogen-bond donors (Lipinski definition) is 2. The number of fused-ring (bicyclic) bond motifs is 2. The van der Waals surface area contributed by atoms with Crippen molar-refractivity contribution in [1.82, 2.24) is 9.80 Å². The van der Waals surface area contributed by atoms with Gasteiger partial charge in [-0.2, -0.15) is 0 Å². The fourth-order valence-corrected chi connectivity index (χ4v) is 10.7. The number of hydrogen-bond acceptors (Lipinski definition) is 10. The summed E-state index contributed by atoms with van der Waals surface area (Å²) < 4.78 is 22.8. The molecular weight excluding hydrogens is 612 g/mol. The predicted octanol–water partition coefficient (Wildman–Crippen LogP) is 4.02. The summed E-state index contributed by atoms with van der Waals surface area (Å²) in [5.41, 5.74) is 4.05. The molecule has 2 N–H and O–H groups in total. The standard InChI is InChI=1S/C38H44N2O8/c1-39-9-7-37-17-27(41)29(45-3)15-23(37)25(39)11-21-19(13-31(47-5)35(43)33(21)37)20-14-32(48-6)36(44)34-22(20)12-26-24-16-30(46-4)28(42)18-38(24,34)8-10-40(26)2/h13-16,23-26,43-44H,7-12,17-18H2,1-6H3/t23-,24-,25-,26+,37-,38-/m1/s1. The number of aromatic hydroxyl groups is 2. The molecule has 2 fully saturated rings. The van der Waals surface area contributed by atoms with Crippen LogP contribution in [-0.2, 0) is 42.7 Å². The second-order valence-corrected chi connectivity index (χ2v) is 14.7. The second kappa shape index (κ2) is 10.7. The lowest BCUT2D eigenvalue weighted by Crippen LogP contribution is -2.60. The SMILES string of the molecule is COC1=C[C@@H]2[C@H]3Cc4c(-c5cc(OC)c(O)c6c5C[C@H]5[C@H]7C=C(OC)C(=O)C[C@@]67CCN5C)cc(OC)c(O)c4[C@]2(CCN3C)CC1=O. The lowest BCUT2D eigenvalue weighted by Gasteiger charge is -2.57. The number of carbonyl (C=O) groups excluding carboxylic acids is 2. The van der Waals surface area contributed by atoms with Crippen molar-refractivity contribution in [2.24, 2.45) is 11.8 Å². The lowest BCUT2D eigenvalue weighted by molar-refractivity contribution is -0.123. The van der Waals surface area contributed by atoms with Gasteiger partial charge in [-0.25, -0.2) is 0 Å². The number of nitrogens with zero attached hydrogens (tertiary/aromatic N) is 2. The van der Waals surface area contributed by atoms with E-state index in [0.717, 1.165) is 46.5 Å². The maximum atomic E-state index is 13.5. The Balaban J connectivity index is 1.43. The maximum Gasteiger partial charge on any atom is 0.197 e. The number of carbonyl (C=O) groups is 2. The average molecular weight is 657 g/mol. The van der Waals surface area contributed by atoms with Crippen LogP contribution >= 0.6 is 0 Å². The number of ether oxygens (including phenoxy) is 4. The molecule has 10 nitrogen and oxygen atoms in total. The van der Waals surface area contributed by atoms with Crippen LogP contribution in [0, 0.1) is 11.8 Å². The molecule has 0 radical (unpaired) electrons. The number of rotatable bonds is 5. The van der Waals surface area contributed by atoms with Crippen molar-refractivity contribution in [2.45, 2.75) is 61.4 Å². The Bertz CT molecular complexity index is 1700. The van der Waals surface area contributed by atoms with Gasteiger partial charge < -0.3 is 39.0 Å². The highest BCUT2D eigenvalue weighted by Gasteiger charge is 2.59. The van der Waals surface area contributed by atoms with E-state index in [9.17, 15) is 19.8 Å². The Morgan fingerprint density at radius 1 is 0.667 bits per heavy atom. The molecule has 4 aliphatic carbocycles. The monoisotopic (exact) mass is 656 g/mol. The third-order valence-corrected chi connectivity index (χ3v) is 13.0. The van der Waals surface area contributed by atoms with E-state index in [1.807, 2.05) is 24.3 Å². The fraction of sp³-hybridized carbons (Fsp3) is 0.526. The summed E-state index contributed by atoms with van der Waals surface area (Å²) in [6.45, 7) is 1.59. The van der Waals surface area contributed by atoms with Gasteiger partial charge in [-0.15, -0.1) is 0 Å². The Morgan fingerprint density at radius 2 is 1.06 bits per heavy atom. The summed E-state index contributed by atoms with van der Waals surface area (Å²) in [7, 11) is 10.4. The molecule has 0 aromatic heterocycles. The highest BCUT2D eigenvalue weighted by molar-refractivity contribution is 5.97. The fourth-order valence-electron chi connectivity index (χ4n) is 10.7. The Kier molecular flexibility index (Phi) is 6.99. The normalized spacial score (nSPS) is 32.2. The minimum absolute atomic E-state index is 0.0341. The van der Waals surface area contributed by atoms with E-state index in [2.05, 4.69) is 23.9 Å². The number of likely N-dealkylation sites (tertiary alicyclic amines) is 2. The van der Waals surface area contributed by atoms with Gasteiger partial charge in [-0.1, -0.05) is 0 Å². The number of Topliss-reactive ketones (excluding diaryl/α,β-unsaturated/α-hetero) is 2. The molecule has 2 saturated heterocycles. The van der Waals surface area contributed by atoms with Gasteiger partial charge in [0.1, 0.15) is 0 Å².